The van der Waals surface area contributed by atoms with Crippen LogP contribution in [0, 0.1) is 0 Å². The van der Waals surface area contributed by atoms with E-state index in [0.717, 1.165) is 0 Å². The Labute approximate surface area is 135 Å². The van der Waals surface area contributed by atoms with Gasteiger partial charge in [0.2, 0.25) is 0 Å². The van der Waals surface area contributed by atoms with Crippen LogP contribution in [0.1, 0.15) is 5.56 Å². The van der Waals surface area contributed by atoms with Crippen molar-refractivity contribution in [2.75, 3.05) is 21.3 Å². The Kier molecular flexibility index (Phi) is 5.63. The van der Waals surface area contributed by atoms with Gasteiger partial charge in [0, 0.05) is 11.6 Å². The summed E-state index contributed by atoms with van der Waals surface area (Å²) in [4.78, 5) is 12.0. The van der Waals surface area contributed by atoms with E-state index in [1.165, 1.54) is 13.2 Å². The van der Waals surface area contributed by atoms with E-state index < -0.39 is 5.97 Å². The van der Waals surface area contributed by atoms with E-state index in [2.05, 4.69) is 0 Å². The number of benzene rings is 2. The summed E-state index contributed by atoms with van der Waals surface area (Å²) in [5, 5.41) is 0. The zero-order valence-corrected chi connectivity index (χ0v) is 13.2. The second-order valence-corrected chi connectivity index (χ2v) is 4.49. The Morgan fingerprint density at radius 3 is 2.13 bits per heavy atom. The molecule has 0 saturated heterocycles. The average Bonchev–Trinajstić information content (AvgIpc) is 2.59. The molecule has 23 heavy (non-hydrogen) atoms. The van der Waals surface area contributed by atoms with E-state index in [4.69, 9.17) is 18.9 Å². The SMILES string of the molecule is COc1ccccc1OC(=O)/C=C/c1cccc(OC)c1OC. The lowest BCUT2D eigenvalue weighted by molar-refractivity contribution is -0.129. The summed E-state index contributed by atoms with van der Waals surface area (Å²) in [5.74, 6) is 1.49. The van der Waals surface area contributed by atoms with E-state index in [1.54, 1.807) is 50.6 Å². The quantitative estimate of drug-likeness (QED) is 0.465. The molecule has 2 aromatic rings. The summed E-state index contributed by atoms with van der Waals surface area (Å²) < 4.78 is 20.9. The lowest BCUT2D eigenvalue weighted by atomic mass is 10.1. The minimum atomic E-state index is -0.514. The molecule has 0 N–H and O–H groups in total. The molecule has 0 aliphatic carbocycles. The predicted molar refractivity (Wildman–Crippen MR) is 87.2 cm³/mol. The third-order valence-electron chi connectivity index (χ3n) is 3.11. The average molecular weight is 314 g/mol. The van der Waals surface area contributed by atoms with Crippen molar-refractivity contribution < 1.29 is 23.7 Å². The van der Waals surface area contributed by atoms with Gasteiger partial charge >= 0.3 is 5.97 Å². The van der Waals surface area contributed by atoms with E-state index in [-0.39, 0.29) is 0 Å². The number of rotatable bonds is 6. The molecular weight excluding hydrogens is 296 g/mol. The van der Waals surface area contributed by atoms with Gasteiger partial charge in [-0.2, -0.15) is 0 Å². The highest BCUT2D eigenvalue weighted by molar-refractivity contribution is 5.89. The third kappa shape index (κ3) is 4.03. The molecule has 0 bridgehead atoms. The van der Waals surface area contributed by atoms with Gasteiger partial charge in [-0.05, 0) is 24.3 Å². The van der Waals surface area contributed by atoms with Crippen LogP contribution in [0.3, 0.4) is 0 Å². The van der Waals surface area contributed by atoms with Crippen LogP contribution >= 0.6 is 0 Å². The van der Waals surface area contributed by atoms with E-state index >= 15 is 0 Å². The summed E-state index contributed by atoms with van der Waals surface area (Å²) in [7, 11) is 4.62. The second-order valence-electron chi connectivity index (χ2n) is 4.49. The topological polar surface area (TPSA) is 54.0 Å². The Balaban J connectivity index is 2.16. The van der Waals surface area contributed by atoms with Crippen molar-refractivity contribution in [3.05, 3.63) is 54.1 Å². The molecule has 0 fully saturated rings. The highest BCUT2D eigenvalue weighted by atomic mass is 16.6. The summed E-state index contributed by atoms with van der Waals surface area (Å²) in [5.41, 5.74) is 0.712. The number of carbonyl (C=O) groups excluding carboxylic acids is 1. The molecule has 0 spiro atoms. The molecule has 0 amide bonds. The van der Waals surface area contributed by atoms with Gasteiger partial charge in [-0.25, -0.2) is 4.79 Å². The highest BCUT2D eigenvalue weighted by Gasteiger charge is 2.09. The molecule has 0 unspecified atom stereocenters. The fraction of sp³-hybridized carbons (Fsp3) is 0.167. The summed E-state index contributed by atoms with van der Waals surface area (Å²) >= 11 is 0. The molecule has 0 heterocycles. The Hall–Kier alpha value is -2.95. The van der Waals surface area contributed by atoms with E-state index in [0.29, 0.717) is 28.6 Å². The number of methoxy groups -OCH3 is 3. The monoisotopic (exact) mass is 314 g/mol. The van der Waals surface area contributed by atoms with Gasteiger partial charge in [0.15, 0.2) is 23.0 Å². The molecule has 0 aromatic heterocycles. The van der Waals surface area contributed by atoms with Crippen LogP contribution in [-0.2, 0) is 4.79 Å². The minimum Gasteiger partial charge on any atom is -0.493 e. The van der Waals surface area contributed by atoms with Crippen LogP contribution in [-0.4, -0.2) is 27.3 Å². The first-order chi connectivity index (χ1) is 11.2. The molecule has 5 heteroatoms. The van der Waals surface area contributed by atoms with Crippen LogP contribution in [0.15, 0.2) is 48.5 Å². The molecule has 2 aromatic carbocycles. The van der Waals surface area contributed by atoms with Crippen molar-refractivity contribution in [2.24, 2.45) is 0 Å². The molecule has 120 valence electrons. The Morgan fingerprint density at radius 1 is 0.826 bits per heavy atom. The summed E-state index contributed by atoms with van der Waals surface area (Å²) in [6.07, 6.45) is 2.93. The molecule has 0 aliphatic heterocycles. The first-order valence-corrected chi connectivity index (χ1v) is 6.93. The Morgan fingerprint density at radius 2 is 1.48 bits per heavy atom. The van der Waals surface area contributed by atoms with E-state index in [1.807, 2.05) is 12.1 Å². The van der Waals surface area contributed by atoms with Crippen molar-refractivity contribution in [1.82, 2.24) is 0 Å². The zero-order chi connectivity index (χ0) is 16.7. The third-order valence-corrected chi connectivity index (χ3v) is 3.11. The van der Waals surface area contributed by atoms with Crippen LogP contribution in [0.25, 0.3) is 6.08 Å². The smallest absolute Gasteiger partial charge is 0.336 e. The van der Waals surface area contributed by atoms with Crippen molar-refractivity contribution in [1.29, 1.82) is 0 Å². The largest absolute Gasteiger partial charge is 0.493 e. The van der Waals surface area contributed by atoms with Crippen LogP contribution < -0.4 is 18.9 Å². The summed E-state index contributed by atoms with van der Waals surface area (Å²) in [6, 6.07) is 12.4. The number of carbonyl (C=O) groups is 1. The maximum atomic E-state index is 12.0. The molecule has 0 atom stereocenters. The normalized spacial score (nSPS) is 10.4. The van der Waals surface area contributed by atoms with Gasteiger partial charge < -0.3 is 18.9 Å². The zero-order valence-electron chi connectivity index (χ0n) is 13.2. The number of hydrogen-bond donors (Lipinski definition) is 0. The standard InChI is InChI=1S/C18H18O5/c1-20-14-8-4-5-9-15(14)23-17(19)12-11-13-7-6-10-16(21-2)18(13)22-3/h4-12H,1-3H3/b12-11+. The van der Waals surface area contributed by atoms with Gasteiger partial charge in [-0.15, -0.1) is 0 Å². The number of ether oxygens (including phenoxy) is 4. The van der Waals surface area contributed by atoms with E-state index in [9.17, 15) is 4.79 Å². The number of esters is 1. The van der Waals surface area contributed by atoms with Gasteiger partial charge in [0.25, 0.3) is 0 Å². The second kappa shape index (κ2) is 7.89. The van der Waals surface area contributed by atoms with Crippen molar-refractivity contribution in [2.45, 2.75) is 0 Å². The molecule has 0 aliphatic rings. The van der Waals surface area contributed by atoms with Crippen LogP contribution in [0.5, 0.6) is 23.0 Å². The molecule has 5 nitrogen and oxygen atoms in total. The number of para-hydroxylation sites is 3. The maximum Gasteiger partial charge on any atom is 0.336 e. The van der Waals surface area contributed by atoms with Crippen LogP contribution in [0.2, 0.25) is 0 Å². The Bertz CT molecular complexity index is 706. The fourth-order valence-electron chi connectivity index (χ4n) is 2.05. The number of hydrogen-bond acceptors (Lipinski definition) is 5. The van der Waals surface area contributed by atoms with Crippen LogP contribution in [0.4, 0.5) is 0 Å². The van der Waals surface area contributed by atoms with Gasteiger partial charge in [-0.1, -0.05) is 24.3 Å². The van der Waals surface area contributed by atoms with Gasteiger partial charge in [0.1, 0.15) is 0 Å². The molecule has 0 radical (unpaired) electrons. The summed E-state index contributed by atoms with van der Waals surface area (Å²) in [6.45, 7) is 0. The highest BCUT2D eigenvalue weighted by Crippen LogP contribution is 2.31. The van der Waals surface area contributed by atoms with Gasteiger partial charge in [0.05, 0.1) is 21.3 Å². The first kappa shape index (κ1) is 16.4. The molecule has 0 saturated carbocycles. The molecular formula is C18H18O5. The minimum absolute atomic E-state index is 0.363. The maximum absolute atomic E-state index is 12.0. The predicted octanol–water partition coefficient (Wildman–Crippen LogP) is 3.33. The molecule has 2 rings (SSSR count). The lowest BCUT2D eigenvalue weighted by Gasteiger charge is -2.10. The fourth-order valence-corrected chi connectivity index (χ4v) is 2.05. The van der Waals surface area contributed by atoms with Crippen molar-refractivity contribution >= 4 is 12.0 Å². The lowest BCUT2D eigenvalue weighted by Crippen LogP contribution is -2.05. The van der Waals surface area contributed by atoms with Crippen molar-refractivity contribution in [3.8, 4) is 23.0 Å². The van der Waals surface area contributed by atoms with Crippen molar-refractivity contribution in [3.63, 3.8) is 0 Å². The van der Waals surface area contributed by atoms with Gasteiger partial charge in [-0.3, -0.25) is 0 Å². The first-order valence-electron chi connectivity index (χ1n) is 6.93.